The van der Waals surface area contributed by atoms with Crippen LogP contribution in [0.1, 0.15) is 6.42 Å². The van der Waals surface area contributed by atoms with Crippen LogP contribution in [0.3, 0.4) is 0 Å². The van der Waals surface area contributed by atoms with E-state index in [4.69, 9.17) is 0 Å². The van der Waals surface area contributed by atoms with Gasteiger partial charge in [0.15, 0.2) is 0 Å². The van der Waals surface area contributed by atoms with Crippen molar-refractivity contribution in [3.05, 3.63) is 0 Å². The highest BCUT2D eigenvalue weighted by atomic mass is 79.9. The minimum atomic E-state index is -0.805. The van der Waals surface area contributed by atoms with Crippen molar-refractivity contribution in [2.24, 2.45) is 5.73 Å². The van der Waals surface area contributed by atoms with Gasteiger partial charge in [0, 0.05) is 11.8 Å². The van der Waals surface area contributed by atoms with Gasteiger partial charge in [-0.25, -0.2) is 4.79 Å². The molecule has 0 atom stereocenters. The molecule has 0 aromatic rings. The molecule has 0 radical (unpaired) electrons. The summed E-state index contributed by atoms with van der Waals surface area (Å²) in [6, 6.07) is -0.805. The average molecular weight is 195 g/mol. The summed E-state index contributed by atoms with van der Waals surface area (Å²) in [7, 11) is 0. The molecule has 0 aliphatic rings. The number of nitrogens with one attached hydrogen (secondary N) is 1. The molecule has 5 heteroatoms. The Hall–Kier alpha value is -0.580. The van der Waals surface area contributed by atoms with Gasteiger partial charge in [-0.05, 0) is 0 Å². The van der Waals surface area contributed by atoms with Crippen LogP contribution in [0, 0.1) is 0 Å². The Labute approximate surface area is 60.9 Å². The number of imide groups is 1. The minimum absolute atomic E-state index is 0.267. The Morgan fingerprint density at radius 3 is 2.44 bits per heavy atom. The van der Waals surface area contributed by atoms with E-state index in [-0.39, 0.29) is 12.3 Å². The quantitative estimate of drug-likeness (QED) is 0.607. The first-order valence-corrected chi connectivity index (χ1v) is 3.44. The number of urea groups is 1. The van der Waals surface area contributed by atoms with Crippen LogP contribution in [0.15, 0.2) is 0 Å². The summed E-state index contributed by atoms with van der Waals surface area (Å²) in [6.07, 6.45) is 0.267. The largest absolute Gasteiger partial charge is 0.351 e. The number of rotatable bonds is 2. The van der Waals surface area contributed by atoms with Crippen LogP contribution in [0.2, 0.25) is 0 Å². The lowest BCUT2D eigenvalue weighted by molar-refractivity contribution is -0.119. The molecular formula is C4H7BrN2O2. The second-order valence-corrected chi connectivity index (χ2v) is 2.14. The maximum atomic E-state index is 10.4. The Morgan fingerprint density at radius 1 is 1.56 bits per heavy atom. The van der Waals surface area contributed by atoms with Gasteiger partial charge in [0.2, 0.25) is 5.91 Å². The number of hydrogen-bond donors (Lipinski definition) is 2. The Bertz CT molecular complexity index is 126. The molecule has 0 heterocycles. The van der Waals surface area contributed by atoms with Crippen molar-refractivity contribution >= 4 is 27.9 Å². The first-order chi connectivity index (χ1) is 4.16. The first kappa shape index (κ1) is 8.42. The average Bonchev–Trinajstić information content (AvgIpc) is 1.63. The van der Waals surface area contributed by atoms with Crippen LogP contribution in [0.4, 0.5) is 4.79 Å². The molecule has 0 bridgehead atoms. The SMILES string of the molecule is NC(=O)NC(=O)CCBr. The van der Waals surface area contributed by atoms with E-state index in [2.05, 4.69) is 21.7 Å². The fourth-order valence-electron chi connectivity index (χ4n) is 0.286. The van der Waals surface area contributed by atoms with E-state index in [0.29, 0.717) is 5.33 Å². The van der Waals surface area contributed by atoms with Crippen molar-refractivity contribution in [3.8, 4) is 0 Å². The van der Waals surface area contributed by atoms with Crippen LogP contribution in [0.25, 0.3) is 0 Å². The number of primary amides is 1. The zero-order valence-corrected chi connectivity index (χ0v) is 6.27. The fourth-order valence-corrected chi connectivity index (χ4v) is 0.646. The number of nitrogens with two attached hydrogens (primary N) is 1. The Kier molecular flexibility index (Phi) is 4.04. The highest BCUT2D eigenvalue weighted by Gasteiger charge is 2.00. The number of carbonyl (C=O) groups excluding carboxylic acids is 2. The van der Waals surface area contributed by atoms with Crippen molar-refractivity contribution in [1.82, 2.24) is 5.32 Å². The maximum Gasteiger partial charge on any atom is 0.318 e. The molecule has 52 valence electrons. The van der Waals surface area contributed by atoms with E-state index < -0.39 is 6.03 Å². The molecule has 0 saturated heterocycles. The third-order valence-corrected chi connectivity index (χ3v) is 0.981. The summed E-state index contributed by atoms with van der Waals surface area (Å²) < 4.78 is 0. The van der Waals surface area contributed by atoms with Gasteiger partial charge >= 0.3 is 6.03 Å². The lowest BCUT2D eigenvalue weighted by atomic mass is 10.5. The topological polar surface area (TPSA) is 72.2 Å². The van der Waals surface area contributed by atoms with Crippen LogP contribution in [-0.4, -0.2) is 17.3 Å². The van der Waals surface area contributed by atoms with Crippen LogP contribution in [-0.2, 0) is 4.79 Å². The molecule has 0 unspecified atom stereocenters. The molecule has 0 aromatic heterocycles. The normalized spacial score (nSPS) is 8.56. The van der Waals surface area contributed by atoms with Crippen molar-refractivity contribution < 1.29 is 9.59 Å². The molecule has 4 nitrogen and oxygen atoms in total. The van der Waals surface area contributed by atoms with Crippen molar-refractivity contribution in [1.29, 1.82) is 0 Å². The zero-order valence-electron chi connectivity index (χ0n) is 4.69. The zero-order chi connectivity index (χ0) is 7.28. The van der Waals surface area contributed by atoms with Gasteiger partial charge in [-0.2, -0.15) is 0 Å². The Morgan fingerprint density at radius 2 is 2.11 bits per heavy atom. The third kappa shape index (κ3) is 5.29. The fraction of sp³-hybridized carbons (Fsp3) is 0.500. The molecule has 0 fully saturated rings. The smallest absolute Gasteiger partial charge is 0.318 e. The molecular weight excluding hydrogens is 188 g/mol. The molecule has 3 N–H and O–H groups in total. The van der Waals surface area contributed by atoms with E-state index in [1.54, 1.807) is 0 Å². The van der Waals surface area contributed by atoms with E-state index in [1.165, 1.54) is 0 Å². The molecule has 0 aromatic carbocycles. The second kappa shape index (κ2) is 4.31. The van der Waals surface area contributed by atoms with E-state index in [9.17, 15) is 9.59 Å². The number of carbonyl (C=O) groups is 2. The maximum absolute atomic E-state index is 10.4. The summed E-state index contributed by atoms with van der Waals surface area (Å²) in [5.41, 5.74) is 4.64. The minimum Gasteiger partial charge on any atom is -0.351 e. The number of halogens is 1. The molecule has 0 aliphatic carbocycles. The van der Waals surface area contributed by atoms with Crippen LogP contribution < -0.4 is 11.1 Å². The number of amides is 3. The lowest BCUT2D eigenvalue weighted by Crippen LogP contribution is -2.34. The molecule has 0 spiro atoms. The number of alkyl halides is 1. The van der Waals surface area contributed by atoms with Crippen LogP contribution >= 0.6 is 15.9 Å². The third-order valence-electron chi connectivity index (χ3n) is 0.584. The standard InChI is InChI=1S/C4H7BrN2O2/c5-2-1-3(8)7-4(6)9/h1-2H2,(H3,6,7,8,9). The van der Waals surface area contributed by atoms with Gasteiger partial charge in [0.25, 0.3) is 0 Å². The van der Waals surface area contributed by atoms with Gasteiger partial charge in [-0.1, -0.05) is 15.9 Å². The van der Waals surface area contributed by atoms with Crippen LogP contribution in [0.5, 0.6) is 0 Å². The lowest BCUT2D eigenvalue weighted by Gasteiger charge is -1.94. The predicted octanol–water partition coefficient (Wildman–Crippen LogP) is -0.0337. The van der Waals surface area contributed by atoms with Gasteiger partial charge in [0.05, 0.1) is 0 Å². The second-order valence-electron chi connectivity index (χ2n) is 1.35. The van der Waals surface area contributed by atoms with Gasteiger partial charge < -0.3 is 5.73 Å². The summed E-state index contributed by atoms with van der Waals surface area (Å²) >= 11 is 3.03. The summed E-state index contributed by atoms with van der Waals surface area (Å²) in [6.45, 7) is 0. The molecule has 0 saturated carbocycles. The van der Waals surface area contributed by atoms with E-state index >= 15 is 0 Å². The molecule has 3 amide bonds. The highest BCUT2D eigenvalue weighted by molar-refractivity contribution is 9.09. The summed E-state index contributed by atoms with van der Waals surface area (Å²) in [5, 5.41) is 2.45. The number of hydrogen-bond acceptors (Lipinski definition) is 2. The van der Waals surface area contributed by atoms with Gasteiger partial charge in [-0.15, -0.1) is 0 Å². The summed E-state index contributed by atoms with van der Waals surface area (Å²) in [5.74, 6) is -0.362. The first-order valence-electron chi connectivity index (χ1n) is 2.32. The molecule has 0 aliphatic heterocycles. The van der Waals surface area contributed by atoms with E-state index in [1.807, 2.05) is 5.32 Å². The van der Waals surface area contributed by atoms with Gasteiger partial charge in [0.1, 0.15) is 0 Å². The van der Waals surface area contributed by atoms with Crippen molar-refractivity contribution in [2.75, 3.05) is 5.33 Å². The summed E-state index contributed by atoms with van der Waals surface area (Å²) in [4.78, 5) is 20.4. The van der Waals surface area contributed by atoms with Crippen molar-refractivity contribution in [3.63, 3.8) is 0 Å². The van der Waals surface area contributed by atoms with Gasteiger partial charge in [-0.3, -0.25) is 10.1 Å². The van der Waals surface area contributed by atoms with E-state index in [0.717, 1.165) is 0 Å². The monoisotopic (exact) mass is 194 g/mol. The molecule has 0 rings (SSSR count). The molecule has 9 heavy (non-hydrogen) atoms. The Balaban J connectivity index is 3.39. The van der Waals surface area contributed by atoms with Crippen molar-refractivity contribution in [2.45, 2.75) is 6.42 Å². The highest BCUT2D eigenvalue weighted by Crippen LogP contribution is 1.85. The predicted molar refractivity (Wildman–Crippen MR) is 36.1 cm³/mol.